The SMILES string of the molecule is CC(C)[C@H](NC(=O)[C@H](CCCCN)NC(=O)[C@H](CCCCN)NC(=O)[C@H](C)NC(=O)[C@@H](NC(=O)[C@H](CCC(=O)O)NC(=O)[C@H](CCC(=O)O)NC(=O)[C@H](Cc1ccccc1)NC(=O)[C@@H](N)CCC(=O)O)[C@@H](C)O)C(=O)O. The molecule has 19 N–H and O–H groups in total. The van der Waals surface area contributed by atoms with E-state index in [-0.39, 0.29) is 38.8 Å². The van der Waals surface area contributed by atoms with Crippen LogP contribution in [0.2, 0.25) is 0 Å². The Hall–Kier alpha value is -7.30. The number of carboxylic acids is 4. The zero-order valence-electron chi connectivity index (χ0n) is 43.2. The van der Waals surface area contributed by atoms with Crippen LogP contribution in [0.5, 0.6) is 0 Å². The molecule has 0 bridgehead atoms. The minimum atomic E-state index is -1.89. The number of carbonyl (C=O) groups is 12. The zero-order chi connectivity index (χ0) is 57.7. The standard InChI is InChI=1S/C48H77N11O17/c1-25(2)38(48(75)76)58-44(71)31(15-9-11-23-50)54-42(69)30(14-8-10-22-49)53-40(67)26(3)52-47(74)39(27(4)60)59-45(72)33(18-21-37(65)66)55-43(70)32(17-20-36(63)64)56-46(73)34(24-28-12-6-5-7-13-28)57-41(68)29(51)16-19-35(61)62/h5-7,12-13,25-27,29-34,38-39,60H,8-11,14-24,49-51H2,1-4H3,(H,52,74)(H,53,67)(H,54,69)(H,55,70)(H,56,73)(H,57,68)(H,58,71)(H,59,72)(H,61,62)(H,63,64)(H,65,66)(H,75,76)/t26-,27+,29-,30-,31-,32-,33-,34-,38-,39-/m0/s1. The van der Waals surface area contributed by atoms with Gasteiger partial charge in [-0.3, -0.25) is 52.7 Å². The average Bonchev–Trinajstić information content (AvgIpc) is 3.34. The molecule has 76 heavy (non-hydrogen) atoms. The summed E-state index contributed by atoms with van der Waals surface area (Å²) in [7, 11) is 0. The predicted molar refractivity (Wildman–Crippen MR) is 270 cm³/mol. The molecule has 1 rings (SSSR count). The molecule has 0 unspecified atom stereocenters. The van der Waals surface area contributed by atoms with Gasteiger partial charge in [-0.1, -0.05) is 44.2 Å². The smallest absolute Gasteiger partial charge is 0.326 e. The van der Waals surface area contributed by atoms with Crippen molar-refractivity contribution in [3.05, 3.63) is 35.9 Å². The molecule has 10 atom stereocenters. The third-order valence-corrected chi connectivity index (χ3v) is 11.7. The van der Waals surface area contributed by atoms with Crippen molar-refractivity contribution < 1.29 is 83.1 Å². The highest BCUT2D eigenvalue weighted by Gasteiger charge is 2.36. The fraction of sp³-hybridized carbons (Fsp3) is 0.625. The molecule has 0 heterocycles. The van der Waals surface area contributed by atoms with Crippen LogP contribution in [0, 0.1) is 5.92 Å². The Morgan fingerprint density at radius 1 is 0.447 bits per heavy atom. The van der Waals surface area contributed by atoms with E-state index in [1.165, 1.54) is 6.92 Å². The first-order chi connectivity index (χ1) is 35.7. The van der Waals surface area contributed by atoms with Crippen LogP contribution in [0.4, 0.5) is 0 Å². The number of aliphatic hydroxyl groups is 1. The third-order valence-electron chi connectivity index (χ3n) is 11.7. The summed E-state index contributed by atoms with van der Waals surface area (Å²) in [6, 6.07) is -5.49. The first-order valence-corrected chi connectivity index (χ1v) is 24.9. The quantitative estimate of drug-likeness (QED) is 0.0285. The maximum absolute atomic E-state index is 13.9. The number of carbonyl (C=O) groups excluding carboxylic acids is 8. The first-order valence-electron chi connectivity index (χ1n) is 24.9. The van der Waals surface area contributed by atoms with E-state index in [0.29, 0.717) is 31.2 Å². The maximum Gasteiger partial charge on any atom is 0.326 e. The highest BCUT2D eigenvalue weighted by molar-refractivity contribution is 5.98. The van der Waals surface area contributed by atoms with Crippen LogP contribution >= 0.6 is 0 Å². The van der Waals surface area contributed by atoms with Crippen molar-refractivity contribution >= 4 is 71.1 Å². The number of unbranched alkanes of at least 4 members (excludes halogenated alkanes) is 2. The number of benzene rings is 1. The van der Waals surface area contributed by atoms with Gasteiger partial charge in [-0.15, -0.1) is 0 Å². The summed E-state index contributed by atoms with van der Waals surface area (Å²) in [5.41, 5.74) is 17.6. The summed E-state index contributed by atoms with van der Waals surface area (Å²) >= 11 is 0. The molecule has 28 nitrogen and oxygen atoms in total. The van der Waals surface area contributed by atoms with Crippen molar-refractivity contribution in [2.24, 2.45) is 23.1 Å². The van der Waals surface area contributed by atoms with E-state index in [1.807, 2.05) is 0 Å². The Labute approximate surface area is 439 Å². The van der Waals surface area contributed by atoms with Gasteiger partial charge >= 0.3 is 23.9 Å². The molecule has 28 heteroatoms. The molecule has 1 aromatic rings. The summed E-state index contributed by atoms with van der Waals surface area (Å²) in [6.45, 7) is 5.95. The van der Waals surface area contributed by atoms with Crippen LogP contribution in [0.3, 0.4) is 0 Å². The van der Waals surface area contributed by atoms with Gasteiger partial charge in [0, 0.05) is 25.7 Å². The average molecular weight is 1080 g/mol. The minimum absolute atomic E-state index is 0.00268. The van der Waals surface area contributed by atoms with Crippen LogP contribution in [-0.2, 0) is 64.0 Å². The lowest BCUT2D eigenvalue weighted by molar-refractivity contribution is -0.143. The largest absolute Gasteiger partial charge is 0.481 e. The number of nitrogens with two attached hydrogens (primary N) is 3. The van der Waals surface area contributed by atoms with Crippen molar-refractivity contribution in [3.63, 3.8) is 0 Å². The van der Waals surface area contributed by atoms with Gasteiger partial charge in [-0.05, 0) is 96.2 Å². The van der Waals surface area contributed by atoms with Gasteiger partial charge in [-0.2, -0.15) is 0 Å². The summed E-state index contributed by atoms with van der Waals surface area (Å²) in [6.07, 6.45) is -3.78. The van der Waals surface area contributed by atoms with Crippen LogP contribution in [0.1, 0.15) is 110 Å². The molecule has 0 aliphatic rings. The summed E-state index contributed by atoms with van der Waals surface area (Å²) < 4.78 is 0. The van der Waals surface area contributed by atoms with Gasteiger partial charge < -0.3 is 85.3 Å². The summed E-state index contributed by atoms with van der Waals surface area (Å²) in [4.78, 5) is 155. The van der Waals surface area contributed by atoms with Crippen molar-refractivity contribution in [1.82, 2.24) is 42.5 Å². The Balaban J connectivity index is 3.40. The zero-order valence-corrected chi connectivity index (χ0v) is 43.2. The first kappa shape index (κ1) is 66.7. The lowest BCUT2D eigenvalue weighted by atomic mass is 10.0. The Kier molecular flexibility index (Phi) is 30.8. The molecule has 8 amide bonds. The molecule has 0 aliphatic heterocycles. The molecule has 0 saturated heterocycles. The highest BCUT2D eigenvalue weighted by atomic mass is 16.4. The fourth-order valence-electron chi connectivity index (χ4n) is 7.25. The van der Waals surface area contributed by atoms with E-state index in [2.05, 4.69) is 42.5 Å². The number of rotatable bonds is 38. The second-order valence-electron chi connectivity index (χ2n) is 18.5. The Morgan fingerprint density at radius 3 is 1.24 bits per heavy atom. The van der Waals surface area contributed by atoms with E-state index in [9.17, 15) is 78.0 Å². The molecule has 0 aliphatic carbocycles. The molecule has 0 fully saturated rings. The Morgan fingerprint density at radius 2 is 0.829 bits per heavy atom. The van der Waals surface area contributed by atoms with Gasteiger partial charge in [0.15, 0.2) is 0 Å². The second-order valence-corrected chi connectivity index (χ2v) is 18.5. The topological polar surface area (TPSA) is 480 Å². The van der Waals surface area contributed by atoms with Crippen LogP contribution in [0.25, 0.3) is 0 Å². The van der Waals surface area contributed by atoms with Crippen molar-refractivity contribution in [2.75, 3.05) is 13.1 Å². The minimum Gasteiger partial charge on any atom is -0.481 e. The van der Waals surface area contributed by atoms with Gasteiger partial charge in [0.1, 0.15) is 48.3 Å². The molecule has 0 spiro atoms. The summed E-state index contributed by atoms with van der Waals surface area (Å²) in [5.74, 6) is -14.0. The second kappa shape index (κ2) is 35.0. The molecular weight excluding hydrogens is 1000 g/mol. The molecule has 0 saturated carbocycles. The van der Waals surface area contributed by atoms with Gasteiger partial charge in [0.2, 0.25) is 47.3 Å². The number of amides is 8. The summed E-state index contributed by atoms with van der Waals surface area (Å²) in [5, 5.41) is 67.4. The van der Waals surface area contributed by atoms with Crippen molar-refractivity contribution in [2.45, 2.75) is 172 Å². The van der Waals surface area contributed by atoms with Gasteiger partial charge in [0.25, 0.3) is 0 Å². The van der Waals surface area contributed by atoms with Gasteiger partial charge in [0.05, 0.1) is 12.1 Å². The van der Waals surface area contributed by atoms with Gasteiger partial charge in [-0.25, -0.2) is 4.79 Å². The number of aliphatic hydroxyl groups excluding tert-OH is 1. The van der Waals surface area contributed by atoms with Crippen LogP contribution < -0.4 is 59.7 Å². The maximum atomic E-state index is 13.9. The normalized spacial score (nSPS) is 15.0. The lowest BCUT2D eigenvalue weighted by Crippen LogP contribution is -2.61. The number of hydrogen-bond donors (Lipinski definition) is 16. The molecule has 426 valence electrons. The van der Waals surface area contributed by atoms with E-state index < -0.39 is 170 Å². The monoisotopic (exact) mass is 1080 g/mol. The Bertz CT molecular complexity index is 2130. The van der Waals surface area contributed by atoms with Crippen LogP contribution in [0.15, 0.2) is 30.3 Å². The lowest BCUT2D eigenvalue weighted by Gasteiger charge is -2.28. The fourth-order valence-corrected chi connectivity index (χ4v) is 7.25. The van der Waals surface area contributed by atoms with E-state index >= 15 is 0 Å². The van der Waals surface area contributed by atoms with E-state index in [4.69, 9.17) is 22.3 Å². The number of aliphatic carboxylic acids is 4. The van der Waals surface area contributed by atoms with Crippen LogP contribution in [-0.4, -0.2) is 170 Å². The molecule has 0 aromatic heterocycles. The van der Waals surface area contributed by atoms with E-state index in [0.717, 1.165) is 6.92 Å². The molecule has 1 aromatic carbocycles. The van der Waals surface area contributed by atoms with Crippen molar-refractivity contribution in [3.8, 4) is 0 Å². The number of carboxylic acid groups (broad SMARTS) is 4. The van der Waals surface area contributed by atoms with E-state index in [1.54, 1.807) is 44.2 Å². The predicted octanol–water partition coefficient (Wildman–Crippen LogP) is -3.57. The molecular formula is C48H77N11O17. The van der Waals surface area contributed by atoms with Crippen molar-refractivity contribution in [1.29, 1.82) is 0 Å². The number of nitrogens with one attached hydrogen (secondary N) is 8. The highest BCUT2D eigenvalue weighted by Crippen LogP contribution is 2.11. The third kappa shape index (κ3) is 25.8. The number of hydrogen-bond acceptors (Lipinski definition) is 16. The molecule has 0 radical (unpaired) electrons.